The fraction of sp³-hybridized carbons (Fsp3) is 0.500. The van der Waals surface area contributed by atoms with Gasteiger partial charge in [-0.2, -0.15) is 0 Å². The molecule has 0 saturated heterocycles. The molecule has 0 bridgehead atoms. The molecule has 1 heterocycles. The third kappa shape index (κ3) is 3.28. The highest BCUT2D eigenvalue weighted by molar-refractivity contribution is 5.89. The van der Waals surface area contributed by atoms with Crippen LogP contribution < -0.4 is 11.5 Å². The van der Waals surface area contributed by atoms with Crippen LogP contribution in [0.4, 0.5) is 0 Å². The van der Waals surface area contributed by atoms with Gasteiger partial charge >= 0.3 is 5.97 Å². The number of carbonyl (C=O) groups is 3. The number of nitrogens with two attached hydrogens (primary N) is 2. The molecule has 17 heavy (non-hydrogen) atoms. The highest BCUT2D eigenvalue weighted by Crippen LogP contribution is 2.12. The molecule has 0 aromatic rings. The van der Waals surface area contributed by atoms with Crippen LogP contribution in [0.15, 0.2) is 12.2 Å². The Morgan fingerprint density at radius 1 is 1.47 bits per heavy atom. The second kappa shape index (κ2) is 5.44. The number of primary amides is 1. The van der Waals surface area contributed by atoms with Gasteiger partial charge in [0.15, 0.2) is 0 Å². The van der Waals surface area contributed by atoms with Crippen molar-refractivity contribution in [1.82, 2.24) is 4.90 Å². The number of carbonyl (C=O) groups excluding carboxylic acids is 2. The van der Waals surface area contributed by atoms with Crippen molar-refractivity contribution in [2.24, 2.45) is 11.5 Å². The Morgan fingerprint density at radius 3 is 2.65 bits per heavy atom. The van der Waals surface area contributed by atoms with E-state index >= 15 is 0 Å². The number of hydrogen-bond acceptors (Lipinski definition) is 4. The third-order valence-corrected chi connectivity index (χ3v) is 2.51. The lowest BCUT2D eigenvalue weighted by Crippen LogP contribution is -2.49. The summed E-state index contributed by atoms with van der Waals surface area (Å²) in [6, 6.07) is -1.87. The van der Waals surface area contributed by atoms with Crippen LogP contribution in [-0.2, 0) is 14.4 Å². The van der Waals surface area contributed by atoms with Crippen molar-refractivity contribution in [3.05, 3.63) is 12.2 Å². The van der Waals surface area contributed by atoms with Gasteiger partial charge in [0.2, 0.25) is 11.8 Å². The smallest absolute Gasteiger partial charge is 0.330 e. The molecule has 2 atom stereocenters. The zero-order valence-corrected chi connectivity index (χ0v) is 9.20. The summed E-state index contributed by atoms with van der Waals surface area (Å²) in [5.74, 6) is -2.12. The van der Waals surface area contributed by atoms with Gasteiger partial charge in [-0.15, -0.1) is 0 Å². The summed E-state index contributed by atoms with van der Waals surface area (Å²) < 4.78 is 0. The maximum absolute atomic E-state index is 11.8. The van der Waals surface area contributed by atoms with Crippen molar-refractivity contribution in [2.75, 3.05) is 6.54 Å². The summed E-state index contributed by atoms with van der Waals surface area (Å²) in [5.41, 5.74) is 10.5. The Balaban J connectivity index is 2.57. The maximum Gasteiger partial charge on any atom is 0.330 e. The van der Waals surface area contributed by atoms with E-state index in [1.54, 1.807) is 6.08 Å². The van der Waals surface area contributed by atoms with Crippen LogP contribution >= 0.6 is 0 Å². The number of amides is 2. The number of carboxylic acid groups (broad SMARTS) is 1. The number of carboxylic acids is 1. The second-order valence-electron chi connectivity index (χ2n) is 3.81. The summed E-state index contributed by atoms with van der Waals surface area (Å²) in [5, 5.41) is 8.87. The first-order valence-electron chi connectivity index (χ1n) is 5.17. The molecule has 0 saturated carbocycles. The van der Waals surface area contributed by atoms with Crippen LogP contribution in [0.3, 0.4) is 0 Å². The lowest BCUT2D eigenvalue weighted by molar-refractivity contribution is -0.147. The average Bonchev–Trinajstić information content (AvgIpc) is 2.73. The van der Waals surface area contributed by atoms with E-state index in [1.165, 1.54) is 6.08 Å². The first-order valence-corrected chi connectivity index (χ1v) is 5.17. The molecule has 5 N–H and O–H groups in total. The molecule has 94 valence electrons. The maximum atomic E-state index is 11.8. The molecular formula is C10H15N3O4. The van der Waals surface area contributed by atoms with Crippen LogP contribution in [0.5, 0.6) is 0 Å². The first-order chi connectivity index (χ1) is 7.93. The van der Waals surface area contributed by atoms with Gasteiger partial charge in [0, 0.05) is 13.0 Å². The number of hydrogen-bond donors (Lipinski definition) is 3. The lowest BCUT2D eigenvalue weighted by Gasteiger charge is -2.24. The zero-order chi connectivity index (χ0) is 13.0. The van der Waals surface area contributed by atoms with Gasteiger partial charge in [-0.25, -0.2) is 4.79 Å². The third-order valence-electron chi connectivity index (χ3n) is 2.51. The number of nitrogens with zero attached hydrogens (tertiary/aromatic N) is 1. The summed E-state index contributed by atoms with van der Waals surface area (Å²) in [7, 11) is 0. The van der Waals surface area contributed by atoms with E-state index in [0.717, 1.165) is 4.90 Å². The fourth-order valence-electron chi connectivity index (χ4n) is 1.60. The fourth-order valence-corrected chi connectivity index (χ4v) is 1.60. The molecule has 0 aromatic carbocycles. The van der Waals surface area contributed by atoms with Crippen molar-refractivity contribution < 1.29 is 19.5 Å². The minimum absolute atomic E-state index is 0.00587. The zero-order valence-electron chi connectivity index (χ0n) is 9.20. The molecular weight excluding hydrogens is 226 g/mol. The van der Waals surface area contributed by atoms with Gasteiger partial charge in [0.25, 0.3) is 0 Å². The average molecular weight is 241 g/mol. The number of aliphatic carboxylic acids is 1. The predicted molar refractivity (Wildman–Crippen MR) is 58.7 cm³/mol. The summed E-state index contributed by atoms with van der Waals surface area (Å²) in [4.78, 5) is 34.4. The highest BCUT2D eigenvalue weighted by atomic mass is 16.4. The Labute approximate surface area is 98.0 Å². The van der Waals surface area contributed by atoms with Crippen LogP contribution in [-0.4, -0.2) is 46.4 Å². The van der Waals surface area contributed by atoms with E-state index < -0.39 is 29.9 Å². The summed E-state index contributed by atoms with van der Waals surface area (Å²) in [6.45, 7) is 0.222. The SMILES string of the molecule is NC(=O)CC[C@H](N)C(=O)N1CC=CC1C(=O)O. The van der Waals surface area contributed by atoms with E-state index in [9.17, 15) is 14.4 Å². The van der Waals surface area contributed by atoms with Crippen molar-refractivity contribution in [3.8, 4) is 0 Å². The minimum atomic E-state index is -1.10. The van der Waals surface area contributed by atoms with Gasteiger partial charge in [-0.1, -0.05) is 12.2 Å². The second-order valence-corrected chi connectivity index (χ2v) is 3.81. The normalized spacial score (nSPS) is 20.3. The van der Waals surface area contributed by atoms with E-state index in [0.29, 0.717) is 0 Å². The van der Waals surface area contributed by atoms with Crippen LogP contribution in [0.25, 0.3) is 0 Å². The van der Waals surface area contributed by atoms with Crippen molar-refractivity contribution in [2.45, 2.75) is 24.9 Å². The molecule has 0 fully saturated rings. The summed E-state index contributed by atoms with van der Waals surface area (Å²) >= 11 is 0. The quantitative estimate of drug-likeness (QED) is 0.501. The van der Waals surface area contributed by atoms with Gasteiger partial charge in [0.1, 0.15) is 6.04 Å². The minimum Gasteiger partial charge on any atom is -0.479 e. The van der Waals surface area contributed by atoms with E-state index in [1.807, 2.05) is 0 Å². The van der Waals surface area contributed by atoms with Crippen LogP contribution in [0, 0.1) is 0 Å². The topological polar surface area (TPSA) is 127 Å². The summed E-state index contributed by atoms with van der Waals surface area (Å²) in [6.07, 6.45) is 3.15. The van der Waals surface area contributed by atoms with Gasteiger partial charge < -0.3 is 21.5 Å². The molecule has 0 spiro atoms. The Kier molecular flexibility index (Phi) is 4.22. The lowest BCUT2D eigenvalue weighted by atomic mass is 10.1. The van der Waals surface area contributed by atoms with E-state index in [-0.39, 0.29) is 19.4 Å². The van der Waals surface area contributed by atoms with Crippen molar-refractivity contribution in [3.63, 3.8) is 0 Å². The molecule has 2 amide bonds. The van der Waals surface area contributed by atoms with Gasteiger partial charge in [0.05, 0.1) is 6.04 Å². The van der Waals surface area contributed by atoms with Crippen molar-refractivity contribution >= 4 is 17.8 Å². The number of rotatable bonds is 5. The van der Waals surface area contributed by atoms with Crippen LogP contribution in [0.2, 0.25) is 0 Å². The first kappa shape index (κ1) is 13.2. The Morgan fingerprint density at radius 2 is 2.12 bits per heavy atom. The van der Waals surface area contributed by atoms with E-state index in [4.69, 9.17) is 16.6 Å². The van der Waals surface area contributed by atoms with Crippen molar-refractivity contribution in [1.29, 1.82) is 0 Å². The monoisotopic (exact) mass is 241 g/mol. The molecule has 7 nitrogen and oxygen atoms in total. The molecule has 0 aromatic heterocycles. The van der Waals surface area contributed by atoms with Gasteiger partial charge in [-0.05, 0) is 6.42 Å². The molecule has 1 unspecified atom stereocenters. The molecule has 1 rings (SSSR count). The standard InChI is InChI=1S/C10H15N3O4/c11-6(3-4-8(12)14)9(15)13-5-1-2-7(13)10(16)17/h1-2,6-7H,3-5,11H2,(H2,12,14)(H,16,17)/t6-,7?/m0/s1. The van der Waals surface area contributed by atoms with E-state index in [2.05, 4.69) is 0 Å². The molecule has 1 aliphatic rings. The Bertz CT molecular complexity index is 367. The Hall–Kier alpha value is -1.89. The van der Waals surface area contributed by atoms with Crippen LogP contribution in [0.1, 0.15) is 12.8 Å². The molecule has 0 radical (unpaired) electrons. The molecule has 0 aliphatic carbocycles. The van der Waals surface area contributed by atoms with Gasteiger partial charge in [-0.3, -0.25) is 9.59 Å². The molecule has 1 aliphatic heterocycles. The molecule has 7 heteroatoms. The highest BCUT2D eigenvalue weighted by Gasteiger charge is 2.32. The predicted octanol–water partition coefficient (Wildman–Crippen LogP) is -1.57. The largest absolute Gasteiger partial charge is 0.479 e.